The molecule has 0 bridgehead atoms. The largest absolute Gasteiger partial charge is 0.387 e. The standard InChI is InChI=1S/C37H35N9O3S/c1-39-30-16-31(32-10-8-27-14-21(17-38)18-41-46(27)32)40-19-29(30)36-44-43-35(50-36)22-2-4-23(5-3-22)37(49)45-13-12-24-15-25(6-7-26(24)20-45)28-9-11-33(47)42-34(28)48/h6-8,10,14-16,18-19,22-23,28H,2-5,9,11-13,20H2,1H3,(H,39,40)(H,42,47,48)/t22?,23?,28-/m1/s1. The van der Waals surface area contributed by atoms with Gasteiger partial charge in [0, 0.05) is 50.3 Å². The molecule has 12 nitrogen and oxygen atoms in total. The maximum Gasteiger partial charge on any atom is 0.234 e. The lowest BCUT2D eigenvalue weighted by atomic mass is 9.81. The average Bonchev–Trinajstić information content (AvgIpc) is 3.82. The lowest BCUT2D eigenvalue weighted by Gasteiger charge is -2.34. The van der Waals surface area contributed by atoms with Gasteiger partial charge in [-0.15, -0.1) is 10.2 Å². The number of nitriles is 1. The summed E-state index contributed by atoms with van der Waals surface area (Å²) in [7, 11) is 1.87. The van der Waals surface area contributed by atoms with E-state index in [2.05, 4.69) is 38.1 Å². The number of piperidine rings is 1. The van der Waals surface area contributed by atoms with Crippen LogP contribution in [0.5, 0.6) is 0 Å². The molecule has 50 heavy (non-hydrogen) atoms. The molecule has 13 heteroatoms. The number of carbonyl (C=O) groups is 3. The maximum atomic E-state index is 13.7. The van der Waals surface area contributed by atoms with Gasteiger partial charge in [0.15, 0.2) is 5.01 Å². The van der Waals surface area contributed by atoms with Crippen LogP contribution >= 0.6 is 11.3 Å². The Bertz CT molecular complexity index is 2190. The summed E-state index contributed by atoms with van der Waals surface area (Å²) in [6.07, 6.45) is 8.45. The van der Waals surface area contributed by atoms with E-state index < -0.39 is 0 Å². The van der Waals surface area contributed by atoms with Crippen LogP contribution in [0.25, 0.3) is 27.5 Å². The Balaban J connectivity index is 0.900. The molecule has 0 spiro atoms. The van der Waals surface area contributed by atoms with Crippen LogP contribution in [0.3, 0.4) is 0 Å². The first-order valence-electron chi connectivity index (χ1n) is 17.0. The fourth-order valence-electron chi connectivity index (χ4n) is 7.57. The first kappa shape index (κ1) is 31.8. The fourth-order valence-corrected chi connectivity index (χ4v) is 8.61. The number of pyridine rings is 1. The zero-order valence-corrected chi connectivity index (χ0v) is 28.4. The van der Waals surface area contributed by atoms with Gasteiger partial charge in [-0.1, -0.05) is 29.5 Å². The van der Waals surface area contributed by atoms with E-state index in [1.54, 1.807) is 28.1 Å². The molecule has 1 saturated carbocycles. The second-order valence-corrected chi connectivity index (χ2v) is 14.3. The van der Waals surface area contributed by atoms with Gasteiger partial charge in [-0.2, -0.15) is 10.4 Å². The molecule has 1 atom stereocenters. The molecule has 1 aromatic carbocycles. The Kier molecular flexibility index (Phi) is 8.32. The van der Waals surface area contributed by atoms with Gasteiger partial charge in [0.05, 0.1) is 40.1 Å². The number of hydrogen-bond acceptors (Lipinski definition) is 10. The van der Waals surface area contributed by atoms with E-state index in [-0.39, 0.29) is 35.5 Å². The smallest absolute Gasteiger partial charge is 0.234 e. The first-order chi connectivity index (χ1) is 24.4. The number of nitrogens with zero attached hydrogens (tertiary/aromatic N) is 7. The number of anilines is 1. The highest BCUT2D eigenvalue weighted by Crippen LogP contribution is 2.41. The highest BCUT2D eigenvalue weighted by Gasteiger charge is 2.34. The van der Waals surface area contributed by atoms with Crippen molar-refractivity contribution >= 4 is 40.3 Å². The molecule has 4 aromatic heterocycles. The Morgan fingerprint density at radius 1 is 1.00 bits per heavy atom. The van der Waals surface area contributed by atoms with Gasteiger partial charge in [-0.3, -0.25) is 24.7 Å². The van der Waals surface area contributed by atoms with Crippen LogP contribution in [0, 0.1) is 17.2 Å². The van der Waals surface area contributed by atoms with Crippen molar-refractivity contribution in [2.75, 3.05) is 18.9 Å². The van der Waals surface area contributed by atoms with E-state index >= 15 is 0 Å². The summed E-state index contributed by atoms with van der Waals surface area (Å²) in [6, 6.07) is 15.9. The van der Waals surface area contributed by atoms with Gasteiger partial charge in [0.2, 0.25) is 17.7 Å². The lowest BCUT2D eigenvalue weighted by Crippen LogP contribution is -2.41. The average molecular weight is 686 g/mol. The Hall–Kier alpha value is -5.48. The molecule has 0 radical (unpaired) electrons. The first-order valence-corrected chi connectivity index (χ1v) is 17.8. The number of nitrogens with one attached hydrogen (secondary N) is 2. The van der Waals surface area contributed by atoms with E-state index in [0.717, 1.165) is 81.4 Å². The molecule has 6 heterocycles. The molecule has 252 valence electrons. The molecule has 3 aliphatic rings. The van der Waals surface area contributed by atoms with Gasteiger partial charge in [0.1, 0.15) is 11.1 Å². The molecule has 2 N–H and O–H groups in total. The van der Waals surface area contributed by atoms with Gasteiger partial charge >= 0.3 is 0 Å². The van der Waals surface area contributed by atoms with Crippen molar-refractivity contribution in [2.24, 2.45) is 5.92 Å². The van der Waals surface area contributed by atoms with Crippen molar-refractivity contribution in [3.63, 3.8) is 0 Å². The van der Waals surface area contributed by atoms with Gasteiger partial charge in [-0.25, -0.2) is 4.52 Å². The summed E-state index contributed by atoms with van der Waals surface area (Å²) < 4.78 is 1.78. The molecule has 1 aliphatic carbocycles. The number of imide groups is 1. The molecule has 1 saturated heterocycles. The second kappa shape index (κ2) is 13.1. The zero-order valence-electron chi connectivity index (χ0n) is 27.6. The number of rotatable bonds is 6. The highest BCUT2D eigenvalue weighted by atomic mass is 32.1. The number of hydrogen-bond donors (Lipinski definition) is 2. The molecule has 3 amide bonds. The maximum absolute atomic E-state index is 13.7. The van der Waals surface area contributed by atoms with E-state index in [0.29, 0.717) is 31.5 Å². The predicted molar refractivity (Wildman–Crippen MR) is 187 cm³/mol. The van der Waals surface area contributed by atoms with Crippen molar-refractivity contribution in [3.05, 3.63) is 82.1 Å². The van der Waals surface area contributed by atoms with Gasteiger partial charge in [0.25, 0.3) is 0 Å². The Labute approximate surface area is 292 Å². The van der Waals surface area contributed by atoms with Gasteiger partial charge < -0.3 is 10.2 Å². The summed E-state index contributed by atoms with van der Waals surface area (Å²) in [4.78, 5) is 44.3. The third kappa shape index (κ3) is 5.89. The van der Waals surface area contributed by atoms with E-state index in [4.69, 9.17) is 4.98 Å². The summed E-state index contributed by atoms with van der Waals surface area (Å²) in [6.45, 7) is 1.26. The van der Waals surface area contributed by atoms with E-state index in [1.165, 1.54) is 5.56 Å². The monoisotopic (exact) mass is 685 g/mol. The van der Waals surface area contributed by atoms with Crippen LogP contribution in [0.15, 0.2) is 54.9 Å². The van der Waals surface area contributed by atoms with Crippen LogP contribution in [0.4, 0.5) is 5.69 Å². The minimum absolute atomic E-state index is 0.00157. The predicted octanol–water partition coefficient (Wildman–Crippen LogP) is 5.21. The van der Waals surface area contributed by atoms with Crippen LogP contribution in [-0.2, 0) is 27.3 Å². The normalized spacial score (nSPS) is 20.6. The van der Waals surface area contributed by atoms with Crippen LogP contribution < -0.4 is 10.6 Å². The summed E-state index contributed by atoms with van der Waals surface area (Å²) >= 11 is 1.59. The molecule has 2 aliphatic heterocycles. The number of carbonyl (C=O) groups excluding carboxylic acids is 3. The minimum Gasteiger partial charge on any atom is -0.387 e. The molecule has 8 rings (SSSR count). The third-order valence-corrected chi connectivity index (χ3v) is 11.5. The Morgan fingerprint density at radius 2 is 1.86 bits per heavy atom. The topological polar surface area (TPSA) is 158 Å². The summed E-state index contributed by atoms with van der Waals surface area (Å²) in [5.41, 5.74) is 7.92. The lowest BCUT2D eigenvalue weighted by molar-refractivity contribution is -0.137. The van der Waals surface area contributed by atoms with Crippen molar-refractivity contribution < 1.29 is 14.4 Å². The molecule has 5 aromatic rings. The van der Waals surface area contributed by atoms with Crippen LogP contribution in [0.1, 0.15) is 77.6 Å². The molecular formula is C37H35N9O3S. The van der Waals surface area contributed by atoms with Crippen LogP contribution in [0.2, 0.25) is 0 Å². The van der Waals surface area contributed by atoms with Crippen molar-refractivity contribution in [1.29, 1.82) is 5.26 Å². The summed E-state index contributed by atoms with van der Waals surface area (Å²) in [5, 5.41) is 30.3. The number of aromatic nitrogens is 5. The number of benzene rings is 1. The van der Waals surface area contributed by atoms with Crippen molar-refractivity contribution in [3.8, 4) is 28.0 Å². The molecular weight excluding hydrogens is 651 g/mol. The van der Waals surface area contributed by atoms with E-state index in [9.17, 15) is 19.6 Å². The summed E-state index contributed by atoms with van der Waals surface area (Å²) in [5.74, 6) is -0.234. The van der Waals surface area contributed by atoms with Crippen molar-refractivity contribution in [2.45, 2.75) is 63.3 Å². The quantitative estimate of drug-likeness (QED) is 0.229. The fraction of sp³-hybridized carbons (Fsp3) is 0.351. The van der Waals surface area contributed by atoms with Crippen molar-refractivity contribution in [1.82, 2.24) is 35.0 Å². The molecule has 2 fully saturated rings. The number of fused-ring (bicyclic) bond motifs is 2. The number of amides is 3. The highest BCUT2D eigenvalue weighted by molar-refractivity contribution is 7.14. The molecule has 0 unspecified atom stereocenters. The SMILES string of the molecule is CNc1cc(-c2ccc3cc(C#N)cnn23)ncc1-c1nnc(C2CCC(C(=O)N3CCc4cc([C@H]5CCC(=O)NC5=O)ccc4C3)CC2)s1. The minimum atomic E-state index is -0.297. The Morgan fingerprint density at radius 3 is 2.66 bits per heavy atom. The van der Waals surface area contributed by atoms with E-state index in [1.807, 2.05) is 48.5 Å². The third-order valence-electron chi connectivity index (χ3n) is 10.4. The van der Waals surface area contributed by atoms with Gasteiger partial charge in [-0.05, 0) is 79.5 Å². The second-order valence-electron chi connectivity index (χ2n) is 13.3. The van der Waals surface area contributed by atoms with Crippen LogP contribution in [-0.4, -0.2) is 61.0 Å². The zero-order chi connectivity index (χ0) is 34.4.